The summed E-state index contributed by atoms with van der Waals surface area (Å²) in [5, 5.41) is 2.33. The molecule has 3 aliphatic rings. The van der Waals surface area contributed by atoms with E-state index in [2.05, 4.69) is 45.2 Å². The first-order valence-corrected chi connectivity index (χ1v) is 8.39. The first-order chi connectivity index (χ1) is 11.1. The fraction of sp³-hybridized carbons (Fsp3) is 0.526. The molecule has 2 aliphatic heterocycles. The number of allylic oxidation sites excluding steroid dienone is 2. The molecule has 0 radical (unpaired) electrons. The molecule has 3 amide bonds. The highest BCUT2D eigenvalue weighted by Gasteiger charge is 2.41. The molecule has 0 aromatic rings. The number of rotatable bonds is 1. The number of carbonyl (C=O) groups excluding carboxylic acids is 3. The van der Waals surface area contributed by atoms with Gasteiger partial charge in [0.1, 0.15) is 6.04 Å². The summed E-state index contributed by atoms with van der Waals surface area (Å²) in [4.78, 5) is 37.8. The molecule has 5 nitrogen and oxygen atoms in total. The summed E-state index contributed by atoms with van der Waals surface area (Å²) >= 11 is 0. The maximum absolute atomic E-state index is 12.8. The van der Waals surface area contributed by atoms with E-state index < -0.39 is 6.04 Å². The lowest BCUT2D eigenvalue weighted by molar-refractivity contribution is -0.142. The number of hydrogen-bond donors (Lipinski definition) is 1. The lowest BCUT2D eigenvalue weighted by Crippen LogP contribution is -2.53. The Morgan fingerprint density at radius 1 is 1.17 bits per heavy atom. The number of piperidine rings is 1. The molecule has 1 unspecified atom stereocenters. The average Bonchev–Trinajstić information content (AvgIpc) is 2.67. The quantitative estimate of drug-likeness (QED) is 0.750. The zero-order valence-corrected chi connectivity index (χ0v) is 14.7. The van der Waals surface area contributed by atoms with Crippen LogP contribution in [0.15, 0.2) is 35.5 Å². The van der Waals surface area contributed by atoms with Gasteiger partial charge >= 0.3 is 0 Å². The van der Waals surface area contributed by atoms with Gasteiger partial charge in [-0.25, -0.2) is 0 Å². The first-order valence-electron chi connectivity index (χ1n) is 8.39. The fourth-order valence-corrected chi connectivity index (χ4v) is 3.27. The van der Waals surface area contributed by atoms with Crippen molar-refractivity contribution in [2.24, 2.45) is 10.8 Å². The third-order valence-electron chi connectivity index (χ3n) is 5.61. The molecule has 24 heavy (non-hydrogen) atoms. The van der Waals surface area contributed by atoms with Crippen LogP contribution in [0.25, 0.3) is 0 Å². The van der Waals surface area contributed by atoms with E-state index in [-0.39, 0.29) is 35.0 Å². The summed E-state index contributed by atoms with van der Waals surface area (Å²) in [6.07, 6.45) is 8.81. The molecule has 3 rings (SSSR count). The summed E-state index contributed by atoms with van der Waals surface area (Å²) in [6, 6.07) is -0.557. The topological polar surface area (TPSA) is 66.5 Å². The highest BCUT2D eigenvalue weighted by Crippen LogP contribution is 2.43. The molecule has 1 N–H and O–H groups in total. The van der Waals surface area contributed by atoms with Crippen LogP contribution in [0, 0.1) is 10.8 Å². The minimum Gasteiger partial charge on any atom is -0.322 e. The number of imide groups is 1. The fourth-order valence-electron chi connectivity index (χ4n) is 3.27. The van der Waals surface area contributed by atoms with E-state index in [1.165, 1.54) is 0 Å². The molecule has 2 atom stereocenters. The zero-order valence-electron chi connectivity index (χ0n) is 14.7. The van der Waals surface area contributed by atoms with Crippen LogP contribution < -0.4 is 5.32 Å². The van der Waals surface area contributed by atoms with Gasteiger partial charge in [0.15, 0.2) is 0 Å². The van der Waals surface area contributed by atoms with Crippen molar-refractivity contribution in [1.29, 1.82) is 0 Å². The molecular weight excluding hydrogens is 304 g/mol. The van der Waals surface area contributed by atoms with Crippen LogP contribution in [0.1, 0.15) is 40.5 Å². The van der Waals surface area contributed by atoms with Crippen molar-refractivity contribution in [2.75, 3.05) is 6.54 Å². The van der Waals surface area contributed by atoms with E-state index in [4.69, 9.17) is 0 Å². The van der Waals surface area contributed by atoms with Crippen molar-refractivity contribution >= 4 is 17.7 Å². The molecule has 5 heteroatoms. The third kappa shape index (κ3) is 2.62. The van der Waals surface area contributed by atoms with Crippen molar-refractivity contribution in [3.8, 4) is 0 Å². The van der Waals surface area contributed by atoms with E-state index in [9.17, 15) is 14.4 Å². The van der Waals surface area contributed by atoms with Crippen LogP contribution in [0.4, 0.5) is 0 Å². The average molecular weight is 328 g/mol. The monoisotopic (exact) mass is 328 g/mol. The van der Waals surface area contributed by atoms with Gasteiger partial charge in [0.2, 0.25) is 11.8 Å². The van der Waals surface area contributed by atoms with Gasteiger partial charge in [0, 0.05) is 24.0 Å². The molecule has 128 valence electrons. The van der Waals surface area contributed by atoms with Gasteiger partial charge in [0.05, 0.1) is 0 Å². The molecule has 0 saturated carbocycles. The van der Waals surface area contributed by atoms with Gasteiger partial charge in [0.25, 0.3) is 5.91 Å². The van der Waals surface area contributed by atoms with Crippen LogP contribution in [0.3, 0.4) is 0 Å². The van der Waals surface area contributed by atoms with E-state index in [0.29, 0.717) is 18.5 Å². The number of nitrogens with one attached hydrogen (secondary N) is 1. The normalized spacial score (nSPS) is 30.6. The molecule has 2 heterocycles. The Hall–Kier alpha value is -2.17. The van der Waals surface area contributed by atoms with Crippen molar-refractivity contribution in [2.45, 2.75) is 46.6 Å². The Kier molecular flexibility index (Phi) is 3.78. The molecule has 1 aliphatic carbocycles. The van der Waals surface area contributed by atoms with Gasteiger partial charge in [-0.2, -0.15) is 0 Å². The van der Waals surface area contributed by atoms with Gasteiger partial charge in [-0.15, -0.1) is 0 Å². The summed E-state index contributed by atoms with van der Waals surface area (Å²) < 4.78 is 0. The maximum atomic E-state index is 12.8. The summed E-state index contributed by atoms with van der Waals surface area (Å²) in [5.41, 5.74) is 1.49. The Labute approximate surface area is 142 Å². The molecule has 0 bridgehead atoms. The third-order valence-corrected chi connectivity index (χ3v) is 5.61. The number of nitrogens with zero attached hydrogens (tertiary/aromatic N) is 1. The van der Waals surface area contributed by atoms with Gasteiger partial charge in [-0.1, -0.05) is 52.0 Å². The summed E-state index contributed by atoms with van der Waals surface area (Å²) in [5.74, 6) is -0.763. The minimum absolute atomic E-state index is 0.0338. The standard InChI is InChI=1S/C19H24N2O3/c1-18(2,3)19(4)9-7-12-11-21(17(24)13(12)8-10-19)14-5-6-15(22)20-16(14)23/h7-10,14H,5-6,11H2,1-4H3,(H,20,22,23)/t14-,19?/m1/s1. The SMILES string of the molecule is CC(C)(C)C1(C)C=CC2=C(C=C1)C(=O)N([C@@H]1CCC(=O)NC1=O)C2. The van der Waals surface area contributed by atoms with Gasteiger partial charge < -0.3 is 4.90 Å². The predicted octanol–water partition coefficient (Wildman–Crippen LogP) is 2.11. The van der Waals surface area contributed by atoms with Crippen LogP contribution in [0.5, 0.6) is 0 Å². The lowest BCUT2D eigenvalue weighted by Gasteiger charge is -2.37. The smallest absolute Gasteiger partial charge is 0.255 e. The summed E-state index contributed by atoms with van der Waals surface area (Å²) in [7, 11) is 0. The zero-order chi connectivity index (χ0) is 17.7. The Morgan fingerprint density at radius 3 is 2.46 bits per heavy atom. The van der Waals surface area contributed by atoms with E-state index >= 15 is 0 Å². The first kappa shape index (κ1) is 16.7. The van der Waals surface area contributed by atoms with Crippen molar-refractivity contribution in [3.05, 3.63) is 35.5 Å². The van der Waals surface area contributed by atoms with Crippen LogP contribution >= 0.6 is 0 Å². The van der Waals surface area contributed by atoms with Crippen molar-refractivity contribution in [1.82, 2.24) is 10.2 Å². The van der Waals surface area contributed by atoms with Crippen LogP contribution in [-0.2, 0) is 14.4 Å². The Bertz CT molecular complexity index is 709. The molecule has 1 saturated heterocycles. The highest BCUT2D eigenvalue weighted by molar-refractivity contribution is 6.06. The second kappa shape index (κ2) is 5.43. The van der Waals surface area contributed by atoms with E-state index in [1.54, 1.807) is 4.90 Å². The largest absolute Gasteiger partial charge is 0.322 e. The molecule has 1 fully saturated rings. The molecule has 0 aromatic carbocycles. The van der Waals surface area contributed by atoms with Crippen molar-refractivity contribution in [3.63, 3.8) is 0 Å². The van der Waals surface area contributed by atoms with Crippen LogP contribution in [0.2, 0.25) is 0 Å². The van der Waals surface area contributed by atoms with E-state index in [1.807, 2.05) is 12.2 Å². The number of amides is 3. The number of carbonyl (C=O) groups is 3. The molecular formula is C19H24N2O3. The van der Waals surface area contributed by atoms with Gasteiger partial charge in [-0.05, 0) is 17.4 Å². The highest BCUT2D eigenvalue weighted by atomic mass is 16.2. The molecule has 0 aromatic heterocycles. The predicted molar refractivity (Wildman–Crippen MR) is 90.8 cm³/mol. The summed E-state index contributed by atoms with van der Waals surface area (Å²) in [6.45, 7) is 9.10. The second-order valence-corrected chi connectivity index (χ2v) is 8.04. The van der Waals surface area contributed by atoms with Crippen LogP contribution in [-0.4, -0.2) is 35.2 Å². The molecule has 0 spiro atoms. The minimum atomic E-state index is -0.557. The Balaban J connectivity index is 1.83. The van der Waals surface area contributed by atoms with Crippen molar-refractivity contribution < 1.29 is 14.4 Å². The maximum Gasteiger partial charge on any atom is 0.255 e. The lowest BCUT2D eigenvalue weighted by atomic mass is 9.67. The second-order valence-electron chi connectivity index (χ2n) is 8.04. The number of hydrogen-bond acceptors (Lipinski definition) is 3. The Morgan fingerprint density at radius 2 is 1.83 bits per heavy atom. The van der Waals surface area contributed by atoms with Gasteiger partial charge in [-0.3, -0.25) is 19.7 Å². The van der Waals surface area contributed by atoms with E-state index in [0.717, 1.165) is 5.57 Å².